The molecule has 136 valence electrons. The fraction of sp³-hybridized carbons (Fsp3) is 0.375. The van der Waals surface area contributed by atoms with E-state index in [9.17, 15) is 9.59 Å². The summed E-state index contributed by atoms with van der Waals surface area (Å²) in [7, 11) is 2.05. The zero-order valence-corrected chi connectivity index (χ0v) is 17.8. The summed E-state index contributed by atoms with van der Waals surface area (Å²) >= 11 is 6.19. The summed E-state index contributed by atoms with van der Waals surface area (Å²) in [4.78, 5) is 28.8. The van der Waals surface area contributed by atoms with Crippen molar-refractivity contribution >= 4 is 67.9 Å². The Morgan fingerprint density at radius 3 is 2.76 bits per heavy atom. The molecule has 0 radical (unpaired) electrons. The smallest absolute Gasteiger partial charge is 0.341 e. The summed E-state index contributed by atoms with van der Waals surface area (Å²) in [5.41, 5.74) is 1.54. The molecule has 0 spiro atoms. The number of carbonyl (C=O) groups is 2. The van der Waals surface area contributed by atoms with Gasteiger partial charge in [0, 0.05) is 18.0 Å². The van der Waals surface area contributed by atoms with Gasteiger partial charge < -0.3 is 15.0 Å². The van der Waals surface area contributed by atoms with Crippen LogP contribution in [0.15, 0.2) is 15.9 Å². The number of esters is 1. The first-order valence-electron chi connectivity index (χ1n) is 7.56. The van der Waals surface area contributed by atoms with E-state index in [0.717, 1.165) is 33.7 Å². The van der Waals surface area contributed by atoms with E-state index in [0.29, 0.717) is 22.0 Å². The molecule has 1 aliphatic heterocycles. The van der Waals surface area contributed by atoms with Crippen LogP contribution < -0.4 is 5.32 Å². The molecule has 1 aliphatic rings. The second-order valence-corrected chi connectivity index (χ2v) is 9.04. The highest BCUT2D eigenvalue weighted by Crippen LogP contribution is 2.38. The van der Waals surface area contributed by atoms with Crippen molar-refractivity contribution in [1.29, 1.82) is 0 Å². The molecule has 2 aromatic rings. The molecule has 1 N–H and O–H groups in total. The summed E-state index contributed by atoms with van der Waals surface area (Å²) in [5, 5.41) is 3.49. The van der Waals surface area contributed by atoms with E-state index in [1.54, 1.807) is 13.0 Å². The van der Waals surface area contributed by atoms with Crippen molar-refractivity contribution in [2.24, 2.45) is 0 Å². The molecule has 5 nitrogen and oxygen atoms in total. The quantitative estimate of drug-likeness (QED) is 0.680. The van der Waals surface area contributed by atoms with E-state index in [4.69, 9.17) is 4.74 Å². The molecule has 2 aromatic heterocycles. The van der Waals surface area contributed by atoms with Gasteiger partial charge in [0.25, 0.3) is 5.91 Å². The molecule has 25 heavy (non-hydrogen) atoms. The number of halogens is 2. The third-order valence-electron chi connectivity index (χ3n) is 3.75. The lowest BCUT2D eigenvalue weighted by Crippen LogP contribution is -2.26. The highest BCUT2D eigenvalue weighted by Gasteiger charge is 2.28. The topological polar surface area (TPSA) is 58.6 Å². The van der Waals surface area contributed by atoms with Crippen LogP contribution in [0, 0.1) is 0 Å². The molecule has 0 saturated carbocycles. The van der Waals surface area contributed by atoms with Crippen molar-refractivity contribution in [3.8, 4) is 0 Å². The van der Waals surface area contributed by atoms with E-state index in [1.165, 1.54) is 22.7 Å². The van der Waals surface area contributed by atoms with Gasteiger partial charge in [-0.25, -0.2) is 4.79 Å². The molecule has 0 bridgehead atoms. The summed E-state index contributed by atoms with van der Waals surface area (Å²) in [6, 6.07) is 3.59. The van der Waals surface area contributed by atoms with Crippen LogP contribution in [-0.4, -0.2) is 37.0 Å². The number of thiophene rings is 2. The van der Waals surface area contributed by atoms with Gasteiger partial charge in [-0.05, 0) is 54.0 Å². The van der Waals surface area contributed by atoms with Crippen LogP contribution in [-0.2, 0) is 17.7 Å². The predicted molar refractivity (Wildman–Crippen MR) is 108 cm³/mol. The minimum absolute atomic E-state index is 0. The van der Waals surface area contributed by atoms with Crippen LogP contribution >= 0.6 is 51.0 Å². The largest absolute Gasteiger partial charge is 0.462 e. The predicted octanol–water partition coefficient (Wildman–Crippen LogP) is 4.41. The molecule has 0 atom stereocenters. The van der Waals surface area contributed by atoms with Crippen LogP contribution in [0.25, 0.3) is 0 Å². The number of anilines is 1. The molecule has 1 amide bonds. The Hall–Kier alpha value is -0.930. The molecule has 0 fully saturated rings. The van der Waals surface area contributed by atoms with Crippen LogP contribution in [0.5, 0.6) is 0 Å². The van der Waals surface area contributed by atoms with Gasteiger partial charge in [0.1, 0.15) is 5.00 Å². The molecule has 3 heterocycles. The maximum Gasteiger partial charge on any atom is 0.341 e. The summed E-state index contributed by atoms with van der Waals surface area (Å²) in [6.45, 7) is 3.77. The average molecular weight is 466 g/mol. The maximum atomic E-state index is 12.5. The van der Waals surface area contributed by atoms with Gasteiger partial charge >= 0.3 is 5.97 Å². The number of rotatable bonds is 4. The molecule has 0 aromatic carbocycles. The van der Waals surface area contributed by atoms with Gasteiger partial charge in [-0.2, -0.15) is 0 Å². The summed E-state index contributed by atoms with van der Waals surface area (Å²) in [6.07, 6.45) is 0.789. The van der Waals surface area contributed by atoms with Crippen LogP contribution in [0.3, 0.4) is 0 Å². The van der Waals surface area contributed by atoms with E-state index in [-0.39, 0.29) is 24.3 Å². The Morgan fingerprint density at radius 1 is 1.36 bits per heavy atom. The lowest BCUT2D eigenvalue weighted by Gasteiger charge is -2.22. The Bertz CT molecular complexity index is 790. The Morgan fingerprint density at radius 2 is 2.12 bits per heavy atom. The zero-order chi connectivity index (χ0) is 17.3. The fourth-order valence-electron chi connectivity index (χ4n) is 2.64. The number of hydrogen-bond acceptors (Lipinski definition) is 6. The van der Waals surface area contributed by atoms with Gasteiger partial charge in [0.15, 0.2) is 0 Å². The lowest BCUT2D eigenvalue weighted by atomic mass is 10.0. The van der Waals surface area contributed by atoms with E-state index >= 15 is 0 Å². The average Bonchev–Trinajstić information content (AvgIpc) is 3.10. The number of likely N-dealkylation sites (N-methyl/N-ethyl adjacent to an activating group) is 1. The van der Waals surface area contributed by atoms with Gasteiger partial charge in [-0.15, -0.1) is 35.1 Å². The first-order chi connectivity index (χ1) is 11.5. The van der Waals surface area contributed by atoms with Crippen LogP contribution in [0.2, 0.25) is 0 Å². The SMILES string of the molecule is CCOC(=O)c1c(NC(=O)c2ccc(Br)s2)sc2c1CCN(C)C2.Cl. The summed E-state index contributed by atoms with van der Waals surface area (Å²) in [5.74, 6) is -0.564. The highest BCUT2D eigenvalue weighted by atomic mass is 79.9. The highest BCUT2D eigenvalue weighted by molar-refractivity contribution is 9.11. The van der Waals surface area contributed by atoms with Gasteiger partial charge in [-0.3, -0.25) is 4.79 Å². The van der Waals surface area contributed by atoms with Crippen LogP contribution in [0.4, 0.5) is 5.00 Å². The number of amides is 1. The molecular weight excluding hydrogens is 448 g/mol. The number of fused-ring (bicyclic) bond motifs is 1. The molecule has 0 unspecified atom stereocenters. The second kappa shape index (κ2) is 8.64. The minimum atomic E-state index is -0.359. The lowest BCUT2D eigenvalue weighted by molar-refractivity contribution is 0.0526. The third-order valence-corrected chi connectivity index (χ3v) is 6.51. The zero-order valence-electron chi connectivity index (χ0n) is 13.8. The van der Waals surface area contributed by atoms with Gasteiger partial charge in [0.05, 0.1) is 20.8 Å². The molecular formula is C16H18BrClN2O3S2. The number of hydrogen-bond donors (Lipinski definition) is 1. The van der Waals surface area contributed by atoms with Crippen LogP contribution in [0.1, 0.15) is 37.4 Å². The third kappa shape index (κ3) is 4.43. The van der Waals surface area contributed by atoms with Crippen molar-refractivity contribution in [2.45, 2.75) is 19.9 Å². The normalized spacial score (nSPS) is 13.7. The maximum absolute atomic E-state index is 12.5. The number of nitrogens with zero attached hydrogens (tertiary/aromatic N) is 1. The monoisotopic (exact) mass is 464 g/mol. The molecule has 0 aliphatic carbocycles. The van der Waals surface area contributed by atoms with E-state index < -0.39 is 0 Å². The summed E-state index contributed by atoms with van der Waals surface area (Å²) < 4.78 is 6.10. The number of carbonyl (C=O) groups excluding carboxylic acids is 2. The first-order valence-corrected chi connectivity index (χ1v) is 9.99. The Kier molecular flexibility index (Phi) is 7.04. The van der Waals surface area contributed by atoms with E-state index in [2.05, 4.69) is 26.1 Å². The molecule has 9 heteroatoms. The van der Waals surface area contributed by atoms with Crippen molar-refractivity contribution < 1.29 is 14.3 Å². The van der Waals surface area contributed by atoms with Gasteiger partial charge in [0.2, 0.25) is 0 Å². The standard InChI is InChI=1S/C16H17BrN2O3S2.ClH/c1-3-22-16(21)13-9-6-7-19(2)8-11(9)24-15(13)18-14(20)10-4-5-12(17)23-10;/h4-5H,3,6-8H2,1-2H3,(H,18,20);1H. The van der Waals surface area contributed by atoms with Crippen molar-refractivity contribution in [3.63, 3.8) is 0 Å². The minimum Gasteiger partial charge on any atom is -0.462 e. The van der Waals surface area contributed by atoms with Gasteiger partial charge in [-0.1, -0.05) is 0 Å². The number of ether oxygens (including phenoxy) is 1. The first kappa shape index (κ1) is 20.4. The Labute approximate surface area is 168 Å². The fourth-order valence-corrected chi connectivity index (χ4v) is 5.23. The molecule has 3 rings (SSSR count). The van der Waals surface area contributed by atoms with Crippen molar-refractivity contribution in [2.75, 3.05) is 25.5 Å². The van der Waals surface area contributed by atoms with E-state index in [1.807, 2.05) is 13.1 Å². The second-order valence-electron chi connectivity index (χ2n) is 5.47. The van der Waals surface area contributed by atoms with Crippen molar-refractivity contribution in [1.82, 2.24) is 4.90 Å². The molecule has 0 saturated heterocycles. The van der Waals surface area contributed by atoms with Crippen molar-refractivity contribution in [3.05, 3.63) is 36.8 Å². The Balaban J connectivity index is 0.00000225. The number of nitrogens with one attached hydrogen (secondary N) is 1.